The van der Waals surface area contributed by atoms with Crippen molar-refractivity contribution in [1.29, 1.82) is 0 Å². The number of hydrogen-bond acceptors (Lipinski definition) is 5. The molecule has 0 radical (unpaired) electrons. The number of fused-ring (bicyclic) bond motifs is 1. The quantitative estimate of drug-likeness (QED) is 0.352. The molecule has 0 saturated carbocycles. The van der Waals surface area contributed by atoms with Gasteiger partial charge in [-0.05, 0) is 60.9 Å². The number of para-hydroxylation sites is 2. The zero-order valence-corrected chi connectivity index (χ0v) is 21.7. The number of benzene rings is 3. The molecule has 8 heteroatoms. The van der Waals surface area contributed by atoms with Crippen LogP contribution in [-0.2, 0) is 20.1 Å². The van der Waals surface area contributed by atoms with Gasteiger partial charge in [0, 0.05) is 31.7 Å². The van der Waals surface area contributed by atoms with Crippen LogP contribution < -0.4 is 15.2 Å². The third-order valence-electron chi connectivity index (χ3n) is 7.06. The minimum absolute atomic E-state index is 0.0374. The number of likely N-dealkylation sites (tertiary alicyclic amines) is 1. The lowest BCUT2D eigenvalue weighted by atomic mass is 9.92. The van der Waals surface area contributed by atoms with Crippen molar-refractivity contribution in [2.24, 2.45) is 7.05 Å². The van der Waals surface area contributed by atoms with Crippen LogP contribution in [0, 0.1) is 0 Å². The molecule has 0 unspecified atom stereocenters. The summed E-state index contributed by atoms with van der Waals surface area (Å²) >= 11 is 6.01. The Morgan fingerprint density at radius 1 is 0.919 bits per heavy atom. The monoisotopic (exact) mass is 521 g/mol. The van der Waals surface area contributed by atoms with Crippen molar-refractivity contribution in [1.82, 2.24) is 14.0 Å². The highest BCUT2D eigenvalue weighted by molar-refractivity contribution is 6.30. The van der Waals surface area contributed by atoms with Crippen LogP contribution in [0.3, 0.4) is 0 Å². The number of ether oxygens (including phenoxy) is 2. The largest absolute Gasteiger partial charge is 0.492 e. The Kier molecular flexibility index (Phi) is 7.55. The number of nitrogens with zero attached hydrogens (tertiary/aromatic N) is 3. The standard InChI is InChI=1S/C29H32ClN3O4/c1-31-26-7-2-3-8-27(26)33(28(31)34)17-18-36-24-11-9-22(10-12-24)20-32-15-13-29(35,14-16-32)21-37-25-6-4-5-23(30)19-25/h2-12,19,35H,13-18,20-21H2,1H3. The molecule has 3 aromatic carbocycles. The predicted octanol–water partition coefficient (Wildman–Crippen LogP) is 4.48. The Labute approximate surface area is 221 Å². The van der Waals surface area contributed by atoms with Crippen LogP contribution in [-0.4, -0.2) is 51.0 Å². The van der Waals surface area contributed by atoms with Gasteiger partial charge in [0.15, 0.2) is 0 Å². The number of aryl methyl sites for hydroxylation is 1. The SMILES string of the molecule is Cn1c(=O)n(CCOc2ccc(CN3CCC(O)(COc4cccc(Cl)c4)CC3)cc2)c2ccccc21. The summed E-state index contributed by atoms with van der Waals surface area (Å²) in [6.07, 6.45) is 1.31. The molecule has 0 aliphatic carbocycles. The molecule has 5 rings (SSSR count). The van der Waals surface area contributed by atoms with E-state index in [1.807, 2.05) is 48.5 Å². The summed E-state index contributed by atoms with van der Waals surface area (Å²) in [5.41, 5.74) is 2.16. The van der Waals surface area contributed by atoms with Crippen LogP contribution in [0.15, 0.2) is 77.6 Å². The van der Waals surface area contributed by atoms with E-state index in [0.717, 1.165) is 36.4 Å². The fourth-order valence-corrected chi connectivity index (χ4v) is 5.01. The number of rotatable bonds is 9. The van der Waals surface area contributed by atoms with Crippen molar-refractivity contribution in [2.75, 3.05) is 26.3 Å². The molecule has 0 bridgehead atoms. The fourth-order valence-electron chi connectivity index (χ4n) is 4.83. The molecule has 4 aromatic rings. The second-order valence-electron chi connectivity index (χ2n) is 9.72. The maximum atomic E-state index is 12.6. The van der Waals surface area contributed by atoms with Crippen molar-refractivity contribution in [3.8, 4) is 11.5 Å². The summed E-state index contributed by atoms with van der Waals surface area (Å²) < 4.78 is 15.1. The van der Waals surface area contributed by atoms with E-state index in [-0.39, 0.29) is 12.3 Å². The summed E-state index contributed by atoms with van der Waals surface area (Å²) in [5, 5.41) is 11.6. The van der Waals surface area contributed by atoms with Crippen molar-refractivity contribution >= 4 is 22.6 Å². The van der Waals surface area contributed by atoms with E-state index >= 15 is 0 Å². The van der Waals surface area contributed by atoms with E-state index in [0.29, 0.717) is 36.8 Å². The zero-order valence-electron chi connectivity index (χ0n) is 21.0. The third kappa shape index (κ3) is 6.01. The lowest BCUT2D eigenvalue weighted by molar-refractivity contribution is -0.0537. The number of halogens is 1. The summed E-state index contributed by atoms with van der Waals surface area (Å²) in [6.45, 7) is 3.57. The molecular formula is C29H32ClN3O4. The minimum atomic E-state index is -0.831. The second-order valence-corrected chi connectivity index (χ2v) is 10.2. The summed E-state index contributed by atoms with van der Waals surface area (Å²) in [6, 6.07) is 23.1. The minimum Gasteiger partial charge on any atom is -0.492 e. The smallest absolute Gasteiger partial charge is 0.328 e. The molecule has 2 heterocycles. The number of aromatic nitrogens is 2. The van der Waals surface area contributed by atoms with Crippen LogP contribution in [0.1, 0.15) is 18.4 Å². The topological polar surface area (TPSA) is 68.9 Å². The lowest BCUT2D eigenvalue weighted by Crippen LogP contribution is -2.47. The lowest BCUT2D eigenvalue weighted by Gasteiger charge is -2.38. The Morgan fingerprint density at radius 2 is 1.65 bits per heavy atom. The van der Waals surface area contributed by atoms with Gasteiger partial charge in [-0.3, -0.25) is 14.0 Å². The molecule has 1 fully saturated rings. The number of hydrogen-bond donors (Lipinski definition) is 1. The average molecular weight is 522 g/mol. The van der Waals surface area contributed by atoms with Crippen LogP contribution in [0.4, 0.5) is 0 Å². The summed E-state index contributed by atoms with van der Waals surface area (Å²) in [7, 11) is 1.79. The molecule has 0 atom stereocenters. The first-order valence-electron chi connectivity index (χ1n) is 12.6. The normalized spacial score (nSPS) is 15.6. The fraction of sp³-hybridized carbons (Fsp3) is 0.345. The Balaban J connectivity index is 1.08. The Hall–Kier alpha value is -3.26. The Morgan fingerprint density at radius 3 is 2.38 bits per heavy atom. The highest BCUT2D eigenvalue weighted by Crippen LogP contribution is 2.26. The molecule has 0 amide bonds. The average Bonchev–Trinajstić information content (AvgIpc) is 3.15. The number of piperidine rings is 1. The maximum Gasteiger partial charge on any atom is 0.328 e. The van der Waals surface area contributed by atoms with Gasteiger partial charge in [-0.25, -0.2) is 4.79 Å². The van der Waals surface area contributed by atoms with Crippen molar-refractivity contribution < 1.29 is 14.6 Å². The van der Waals surface area contributed by atoms with Gasteiger partial charge in [0.1, 0.15) is 30.3 Å². The number of aliphatic hydroxyl groups is 1. The highest BCUT2D eigenvalue weighted by Gasteiger charge is 2.33. The first kappa shape index (κ1) is 25.4. The van der Waals surface area contributed by atoms with E-state index in [2.05, 4.69) is 17.0 Å². The van der Waals surface area contributed by atoms with Crippen molar-refractivity contribution in [3.05, 3.63) is 93.9 Å². The van der Waals surface area contributed by atoms with Gasteiger partial charge in [-0.1, -0.05) is 41.9 Å². The van der Waals surface area contributed by atoms with Crippen LogP contribution in [0.25, 0.3) is 11.0 Å². The predicted molar refractivity (Wildman–Crippen MR) is 146 cm³/mol. The molecule has 1 aliphatic heterocycles. The van der Waals surface area contributed by atoms with E-state index in [4.69, 9.17) is 21.1 Å². The summed E-state index contributed by atoms with van der Waals surface area (Å²) in [5.74, 6) is 1.46. The van der Waals surface area contributed by atoms with E-state index in [1.54, 1.807) is 28.3 Å². The van der Waals surface area contributed by atoms with Crippen molar-refractivity contribution in [3.63, 3.8) is 0 Å². The van der Waals surface area contributed by atoms with E-state index in [9.17, 15) is 9.90 Å². The molecule has 1 aliphatic rings. The van der Waals surface area contributed by atoms with Crippen LogP contribution >= 0.6 is 11.6 Å². The molecule has 194 valence electrons. The van der Waals surface area contributed by atoms with Gasteiger partial charge in [0.05, 0.1) is 17.6 Å². The second kappa shape index (κ2) is 11.0. The van der Waals surface area contributed by atoms with Crippen LogP contribution in [0.2, 0.25) is 5.02 Å². The van der Waals surface area contributed by atoms with Gasteiger partial charge in [-0.15, -0.1) is 0 Å². The molecule has 1 aromatic heterocycles. The molecule has 1 saturated heterocycles. The van der Waals surface area contributed by atoms with Gasteiger partial charge >= 0.3 is 5.69 Å². The third-order valence-corrected chi connectivity index (χ3v) is 7.29. The molecule has 7 nitrogen and oxygen atoms in total. The van der Waals surface area contributed by atoms with Gasteiger partial charge in [0.2, 0.25) is 0 Å². The highest BCUT2D eigenvalue weighted by atomic mass is 35.5. The van der Waals surface area contributed by atoms with Gasteiger partial charge in [-0.2, -0.15) is 0 Å². The van der Waals surface area contributed by atoms with Crippen molar-refractivity contribution in [2.45, 2.75) is 31.5 Å². The molecule has 37 heavy (non-hydrogen) atoms. The first-order chi connectivity index (χ1) is 17.9. The molecule has 1 N–H and O–H groups in total. The number of imidazole rings is 1. The summed E-state index contributed by atoms with van der Waals surface area (Å²) in [4.78, 5) is 14.9. The molecule has 0 spiro atoms. The van der Waals surface area contributed by atoms with Gasteiger partial charge < -0.3 is 14.6 Å². The van der Waals surface area contributed by atoms with Gasteiger partial charge in [0.25, 0.3) is 0 Å². The first-order valence-corrected chi connectivity index (χ1v) is 13.0. The van der Waals surface area contributed by atoms with E-state index < -0.39 is 5.60 Å². The maximum absolute atomic E-state index is 12.6. The Bertz CT molecular complexity index is 1400. The van der Waals surface area contributed by atoms with Crippen LogP contribution in [0.5, 0.6) is 11.5 Å². The zero-order chi connectivity index (χ0) is 25.8. The molecular weight excluding hydrogens is 490 g/mol. The van der Waals surface area contributed by atoms with E-state index in [1.165, 1.54) is 5.56 Å².